The van der Waals surface area contributed by atoms with Gasteiger partial charge in [0.05, 0.1) is 30.3 Å². The fourth-order valence-electron chi connectivity index (χ4n) is 4.44. The number of pyridine rings is 1. The monoisotopic (exact) mass is 495 g/mol. The first-order chi connectivity index (χ1) is 18.2. The second kappa shape index (κ2) is 9.82. The third kappa shape index (κ3) is 4.66. The summed E-state index contributed by atoms with van der Waals surface area (Å²) in [5, 5.41) is 14.3. The first kappa shape index (κ1) is 22.9. The first-order valence-electron chi connectivity index (χ1n) is 12.1. The first-order valence-corrected chi connectivity index (χ1v) is 12.1. The quantitative estimate of drug-likeness (QED) is 0.432. The minimum atomic E-state index is -0.986. The van der Waals surface area contributed by atoms with Gasteiger partial charge >= 0.3 is 6.01 Å². The highest BCUT2D eigenvalue weighted by atomic mass is 16.5. The second-order valence-electron chi connectivity index (χ2n) is 8.82. The van der Waals surface area contributed by atoms with Crippen molar-refractivity contribution in [2.45, 2.75) is 13.1 Å². The molecule has 0 saturated carbocycles. The maximum Gasteiger partial charge on any atom is 0.317 e. The number of hydrogen-bond donors (Lipinski definition) is 2. The van der Waals surface area contributed by atoms with Crippen LogP contribution in [-0.2, 0) is 9.53 Å². The average molecular weight is 496 g/mol. The standard InChI is InChI=1S/C27H25N7O3/c1-17-15-21(34-11-13-36-14-12-34)23(28-16-17)26-32-33-27(37-26)31-24-25(35)29-20-10-6-5-9-19(20)22(30-24)18-7-3-2-4-8-18/h2-10,15-16,24H,11-14H2,1H3,(H,29,35)(H,31,33)/t24-/m1/s1. The lowest BCUT2D eigenvalue weighted by Crippen LogP contribution is -2.36. The maximum absolute atomic E-state index is 13.1. The van der Waals surface area contributed by atoms with Gasteiger partial charge in [0.15, 0.2) is 5.69 Å². The topological polar surface area (TPSA) is 118 Å². The molecular formula is C27H25N7O3. The minimum absolute atomic E-state index is 0.0765. The van der Waals surface area contributed by atoms with Gasteiger partial charge in [-0.3, -0.25) is 4.79 Å². The highest BCUT2D eigenvalue weighted by molar-refractivity contribution is 6.19. The van der Waals surface area contributed by atoms with E-state index in [1.807, 2.05) is 61.5 Å². The Hall–Kier alpha value is -4.57. The molecule has 0 spiro atoms. The van der Waals surface area contributed by atoms with Gasteiger partial charge in [-0.15, -0.1) is 5.10 Å². The van der Waals surface area contributed by atoms with Crippen LogP contribution in [0.3, 0.4) is 0 Å². The molecule has 2 N–H and O–H groups in total. The molecule has 0 radical (unpaired) electrons. The van der Waals surface area contributed by atoms with Crippen molar-refractivity contribution in [3.8, 4) is 11.6 Å². The van der Waals surface area contributed by atoms with Gasteiger partial charge in [-0.05, 0) is 24.6 Å². The van der Waals surface area contributed by atoms with E-state index in [1.54, 1.807) is 6.20 Å². The fraction of sp³-hybridized carbons (Fsp3) is 0.222. The summed E-state index contributed by atoms with van der Waals surface area (Å²) in [5.74, 6) is -0.0748. The van der Waals surface area contributed by atoms with Crippen LogP contribution in [-0.4, -0.2) is 59.3 Å². The number of amides is 1. The number of carbonyl (C=O) groups is 1. The molecule has 0 aliphatic carbocycles. The van der Waals surface area contributed by atoms with Gasteiger partial charge in [0.25, 0.3) is 11.8 Å². The molecule has 1 atom stereocenters. The zero-order chi connectivity index (χ0) is 25.2. The molecule has 186 valence electrons. The van der Waals surface area contributed by atoms with E-state index in [0.717, 1.165) is 35.5 Å². The molecule has 4 heterocycles. The van der Waals surface area contributed by atoms with Crippen molar-refractivity contribution in [1.82, 2.24) is 15.2 Å². The Bertz CT molecular complexity index is 1460. The number of benzene rings is 2. The minimum Gasteiger partial charge on any atom is -0.402 e. The van der Waals surface area contributed by atoms with Crippen LogP contribution >= 0.6 is 0 Å². The van der Waals surface area contributed by atoms with Crippen molar-refractivity contribution in [1.29, 1.82) is 0 Å². The Morgan fingerprint density at radius 2 is 1.81 bits per heavy atom. The number of aliphatic imine (C=N–C) groups is 1. The highest BCUT2D eigenvalue weighted by Gasteiger charge is 2.28. The number of aromatic nitrogens is 3. The van der Waals surface area contributed by atoms with Crippen molar-refractivity contribution in [2.24, 2.45) is 4.99 Å². The number of ether oxygens (including phenoxy) is 1. The molecule has 2 aliphatic heterocycles. The third-order valence-electron chi connectivity index (χ3n) is 6.24. The molecular weight excluding hydrogens is 470 g/mol. The number of aryl methyl sites for hydroxylation is 1. The number of fused-ring (bicyclic) bond motifs is 1. The van der Waals surface area contributed by atoms with Crippen LogP contribution < -0.4 is 15.5 Å². The Morgan fingerprint density at radius 3 is 2.65 bits per heavy atom. The Kier molecular flexibility index (Phi) is 6.07. The number of nitrogens with zero attached hydrogens (tertiary/aromatic N) is 5. The summed E-state index contributed by atoms with van der Waals surface area (Å²) >= 11 is 0. The Balaban J connectivity index is 1.32. The van der Waals surface area contributed by atoms with Crippen LogP contribution in [0.5, 0.6) is 0 Å². The predicted molar refractivity (Wildman–Crippen MR) is 140 cm³/mol. The van der Waals surface area contributed by atoms with E-state index in [-0.39, 0.29) is 17.8 Å². The van der Waals surface area contributed by atoms with Crippen LogP contribution in [0.1, 0.15) is 16.7 Å². The van der Waals surface area contributed by atoms with Crippen molar-refractivity contribution in [3.05, 3.63) is 83.6 Å². The number of morpholine rings is 1. The lowest BCUT2D eigenvalue weighted by Gasteiger charge is -2.29. The molecule has 2 aliphatic rings. The maximum atomic E-state index is 13.1. The predicted octanol–water partition coefficient (Wildman–Crippen LogP) is 3.50. The Labute approximate surface area is 213 Å². The average Bonchev–Trinajstić information content (AvgIpc) is 3.35. The van der Waals surface area contributed by atoms with Crippen molar-refractivity contribution in [3.63, 3.8) is 0 Å². The number of rotatable bonds is 5. The summed E-state index contributed by atoms with van der Waals surface area (Å²) in [4.78, 5) is 24.7. The summed E-state index contributed by atoms with van der Waals surface area (Å²) in [7, 11) is 0. The molecule has 0 bridgehead atoms. The molecule has 1 fully saturated rings. The zero-order valence-corrected chi connectivity index (χ0v) is 20.2. The van der Waals surface area contributed by atoms with Gasteiger partial charge in [0.2, 0.25) is 6.17 Å². The van der Waals surface area contributed by atoms with Crippen molar-refractivity contribution < 1.29 is 13.9 Å². The fourth-order valence-corrected chi connectivity index (χ4v) is 4.44. The SMILES string of the molecule is Cc1cnc(-c2nnc(N[C@H]3N=C(c4ccccc4)c4ccccc4NC3=O)o2)c(N2CCOCC2)c1. The van der Waals surface area contributed by atoms with E-state index in [1.165, 1.54) is 0 Å². The molecule has 10 nitrogen and oxygen atoms in total. The summed E-state index contributed by atoms with van der Waals surface area (Å²) in [6.45, 7) is 4.77. The largest absolute Gasteiger partial charge is 0.402 e. The number of carbonyl (C=O) groups excluding carboxylic acids is 1. The van der Waals surface area contributed by atoms with Gasteiger partial charge in [-0.25, -0.2) is 9.98 Å². The summed E-state index contributed by atoms with van der Waals surface area (Å²) in [5.41, 5.74) is 5.61. The number of nitrogens with one attached hydrogen (secondary N) is 2. The van der Waals surface area contributed by atoms with Crippen molar-refractivity contribution >= 4 is 29.0 Å². The summed E-state index contributed by atoms with van der Waals surface area (Å²) < 4.78 is 11.4. The second-order valence-corrected chi connectivity index (χ2v) is 8.82. The van der Waals surface area contributed by atoms with Gasteiger partial charge in [0.1, 0.15) is 0 Å². The van der Waals surface area contributed by atoms with Gasteiger partial charge < -0.3 is 24.7 Å². The number of para-hydroxylation sites is 1. The molecule has 4 aromatic rings. The van der Waals surface area contributed by atoms with E-state index >= 15 is 0 Å². The molecule has 2 aromatic heterocycles. The van der Waals surface area contributed by atoms with Crippen molar-refractivity contribution in [2.75, 3.05) is 41.8 Å². The molecule has 1 amide bonds. The molecule has 37 heavy (non-hydrogen) atoms. The number of anilines is 3. The lowest BCUT2D eigenvalue weighted by molar-refractivity contribution is -0.116. The smallest absolute Gasteiger partial charge is 0.317 e. The third-order valence-corrected chi connectivity index (χ3v) is 6.24. The van der Waals surface area contributed by atoms with Gasteiger partial charge in [-0.2, -0.15) is 0 Å². The highest BCUT2D eigenvalue weighted by Crippen LogP contribution is 2.31. The van der Waals surface area contributed by atoms with E-state index in [9.17, 15) is 4.79 Å². The molecule has 0 unspecified atom stereocenters. The molecule has 1 saturated heterocycles. The normalized spacial score (nSPS) is 17.4. The van der Waals surface area contributed by atoms with E-state index in [4.69, 9.17) is 14.1 Å². The van der Waals surface area contributed by atoms with Crippen LogP contribution in [0.4, 0.5) is 17.4 Å². The lowest BCUT2D eigenvalue weighted by atomic mass is 10.0. The molecule has 10 heteroatoms. The Morgan fingerprint density at radius 1 is 1.03 bits per heavy atom. The molecule has 6 rings (SSSR count). The van der Waals surface area contributed by atoms with E-state index < -0.39 is 6.17 Å². The number of benzodiazepines with no additional fused rings is 1. The van der Waals surface area contributed by atoms with E-state index in [2.05, 4.69) is 36.8 Å². The van der Waals surface area contributed by atoms with Gasteiger partial charge in [0, 0.05) is 30.4 Å². The molecule has 2 aromatic carbocycles. The van der Waals surface area contributed by atoms with E-state index in [0.29, 0.717) is 30.3 Å². The number of hydrogen-bond acceptors (Lipinski definition) is 9. The summed E-state index contributed by atoms with van der Waals surface area (Å²) in [6.07, 6.45) is 0.781. The van der Waals surface area contributed by atoms with Crippen LogP contribution in [0.2, 0.25) is 0 Å². The zero-order valence-electron chi connectivity index (χ0n) is 20.2. The van der Waals surface area contributed by atoms with Gasteiger partial charge in [-0.1, -0.05) is 53.6 Å². The van der Waals surface area contributed by atoms with Crippen LogP contribution in [0.25, 0.3) is 11.6 Å². The van der Waals surface area contributed by atoms with Crippen LogP contribution in [0.15, 0.2) is 76.3 Å². The van der Waals surface area contributed by atoms with Crippen LogP contribution in [0, 0.1) is 6.92 Å². The summed E-state index contributed by atoms with van der Waals surface area (Å²) in [6, 6.07) is 19.5.